The standard InChI is InChI=1S/C16H13NO2/c18-12-6-10-13-7-4-5-11-15(13)17-16(19)14-8-2-1-3-9-14/h1-12H,(H,17,19)/b10-6-. The number of allylic oxidation sites excluding steroid dienone is 1. The molecule has 1 amide bonds. The fourth-order valence-corrected chi connectivity index (χ4v) is 1.68. The van der Waals surface area contributed by atoms with Crippen molar-refractivity contribution in [3.8, 4) is 0 Å². The molecule has 3 nitrogen and oxygen atoms in total. The summed E-state index contributed by atoms with van der Waals surface area (Å²) in [5.74, 6) is -0.174. The Balaban J connectivity index is 2.22. The maximum Gasteiger partial charge on any atom is 0.255 e. The number of benzene rings is 2. The normalized spacial score (nSPS) is 10.3. The van der Waals surface area contributed by atoms with Gasteiger partial charge >= 0.3 is 0 Å². The zero-order valence-electron chi connectivity index (χ0n) is 10.2. The molecule has 0 bridgehead atoms. The number of para-hydroxylation sites is 1. The van der Waals surface area contributed by atoms with Gasteiger partial charge in [-0.1, -0.05) is 36.4 Å². The van der Waals surface area contributed by atoms with Gasteiger partial charge < -0.3 is 5.32 Å². The van der Waals surface area contributed by atoms with Crippen LogP contribution in [0.5, 0.6) is 0 Å². The molecule has 0 atom stereocenters. The van der Waals surface area contributed by atoms with Crippen molar-refractivity contribution in [1.82, 2.24) is 0 Å². The molecule has 2 rings (SSSR count). The van der Waals surface area contributed by atoms with Crippen LogP contribution in [0.25, 0.3) is 6.08 Å². The van der Waals surface area contributed by atoms with Gasteiger partial charge in [-0.05, 0) is 35.9 Å². The summed E-state index contributed by atoms with van der Waals surface area (Å²) in [5.41, 5.74) is 2.06. The largest absolute Gasteiger partial charge is 0.321 e. The van der Waals surface area contributed by atoms with Crippen LogP contribution in [0.2, 0.25) is 0 Å². The van der Waals surface area contributed by atoms with Gasteiger partial charge in [0.2, 0.25) is 0 Å². The SMILES string of the molecule is O=C/C=C\c1ccccc1NC(=O)c1ccccc1. The summed E-state index contributed by atoms with van der Waals surface area (Å²) in [6, 6.07) is 16.3. The first-order valence-corrected chi connectivity index (χ1v) is 5.88. The van der Waals surface area contributed by atoms with Crippen LogP contribution in [0.4, 0.5) is 5.69 Å². The van der Waals surface area contributed by atoms with Gasteiger partial charge in [-0.3, -0.25) is 9.59 Å². The summed E-state index contributed by atoms with van der Waals surface area (Å²) < 4.78 is 0. The van der Waals surface area contributed by atoms with Crippen LogP contribution in [0.1, 0.15) is 15.9 Å². The molecule has 0 saturated carbocycles. The number of aldehydes is 1. The minimum atomic E-state index is -0.174. The third-order valence-electron chi connectivity index (χ3n) is 2.60. The lowest BCUT2D eigenvalue weighted by molar-refractivity contribution is -0.104. The molecule has 0 aliphatic carbocycles. The molecule has 0 spiro atoms. The van der Waals surface area contributed by atoms with Gasteiger partial charge in [-0.2, -0.15) is 0 Å². The highest BCUT2D eigenvalue weighted by Gasteiger charge is 2.06. The average molecular weight is 251 g/mol. The van der Waals surface area contributed by atoms with E-state index >= 15 is 0 Å². The second kappa shape index (κ2) is 6.31. The first kappa shape index (κ1) is 12.8. The number of carbonyl (C=O) groups excluding carboxylic acids is 2. The number of nitrogens with one attached hydrogen (secondary N) is 1. The minimum Gasteiger partial charge on any atom is -0.321 e. The van der Waals surface area contributed by atoms with Gasteiger partial charge in [-0.15, -0.1) is 0 Å². The summed E-state index contributed by atoms with van der Waals surface area (Å²) in [5, 5.41) is 2.83. The fourth-order valence-electron chi connectivity index (χ4n) is 1.68. The van der Waals surface area contributed by atoms with Crippen molar-refractivity contribution in [2.24, 2.45) is 0 Å². The van der Waals surface area contributed by atoms with E-state index in [4.69, 9.17) is 0 Å². The van der Waals surface area contributed by atoms with E-state index < -0.39 is 0 Å². The van der Waals surface area contributed by atoms with Gasteiger partial charge in [0.05, 0.1) is 0 Å². The monoisotopic (exact) mass is 251 g/mol. The molecule has 2 aromatic rings. The zero-order chi connectivity index (χ0) is 13.5. The van der Waals surface area contributed by atoms with E-state index in [-0.39, 0.29) is 5.91 Å². The lowest BCUT2D eigenvalue weighted by atomic mass is 10.1. The van der Waals surface area contributed by atoms with Crippen LogP contribution in [-0.4, -0.2) is 12.2 Å². The molecule has 0 fully saturated rings. The van der Waals surface area contributed by atoms with Crippen LogP contribution < -0.4 is 5.32 Å². The first-order chi connectivity index (χ1) is 9.31. The number of carbonyl (C=O) groups is 2. The Morgan fingerprint density at radius 2 is 1.63 bits per heavy atom. The molecule has 0 saturated heterocycles. The molecule has 3 heteroatoms. The Bertz CT molecular complexity index is 603. The van der Waals surface area contributed by atoms with Crippen molar-refractivity contribution in [2.75, 3.05) is 5.32 Å². The highest BCUT2D eigenvalue weighted by Crippen LogP contribution is 2.17. The highest BCUT2D eigenvalue weighted by molar-refractivity contribution is 6.05. The molecule has 0 aliphatic rings. The lowest BCUT2D eigenvalue weighted by Crippen LogP contribution is -2.12. The molecule has 0 aromatic heterocycles. The first-order valence-electron chi connectivity index (χ1n) is 5.88. The Kier molecular flexibility index (Phi) is 4.24. The van der Waals surface area contributed by atoms with Crippen molar-refractivity contribution < 1.29 is 9.59 Å². The second-order valence-electron chi connectivity index (χ2n) is 3.90. The topological polar surface area (TPSA) is 46.2 Å². The van der Waals surface area contributed by atoms with E-state index in [1.54, 1.807) is 24.3 Å². The smallest absolute Gasteiger partial charge is 0.255 e. The van der Waals surface area contributed by atoms with E-state index in [0.29, 0.717) is 17.5 Å². The molecule has 2 aromatic carbocycles. The second-order valence-corrected chi connectivity index (χ2v) is 3.90. The third kappa shape index (κ3) is 3.39. The molecule has 19 heavy (non-hydrogen) atoms. The van der Waals surface area contributed by atoms with Crippen LogP contribution in [0.15, 0.2) is 60.7 Å². The Hall–Kier alpha value is -2.68. The van der Waals surface area contributed by atoms with Crippen LogP contribution in [0.3, 0.4) is 0 Å². The van der Waals surface area contributed by atoms with Gasteiger partial charge in [0, 0.05) is 11.3 Å². The van der Waals surface area contributed by atoms with Crippen LogP contribution in [0, 0.1) is 0 Å². The predicted octanol–water partition coefficient (Wildman–Crippen LogP) is 3.15. The number of hydrogen-bond donors (Lipinski definition) is 1. The predicted molar refractivity (Wildman–Crippen MR) is 75.9 cm³/mol. The Morgan fingerprint density at radius 1 is 0.947 bits per heavy atom. The zero-order valence-corrected chi connectivity index (χ0v) is 10.2. The average Bonchev–Trinajstić information content (AvgIpc) is 2.47. The Morgan fingerprint density at radius 3 is 2.37 bits per heavy atom. The quantitative estimate of drug-likeness (QED) is 0.670. The molecule has 0 unspecified atom stereocenters. The van der Waals surface area contributed by atoms with Crippen molar-refractivity contribution in [1.29, 1.82) is 0 Å². The summed E-state index contributed by atoms with van der Waals surface area (Å²) >= 11 is 0. The van der Waals surface area contributed by atoms with Gasteiger partial charge in [0.15, 0.2) is 0 Å². The lowest BCUT2D eigenvalue weighted by Gasteiger charge is -2.08. The van der Waals surface area contributed by atoms with E-state index in [1.807, 2.05) is 36.4 Å². The van der Waals surface area contributed by atoms with E-state index in [2.05, 4.69) is 5.32 Å². The van der Waals surface area contributed by atoms with Gasteiger partial charge in [-0.25, -0.2) is 0 Å². The van der Waals surface area contributed by atoms with Crippen LogP contribution in [-0.2, 0) is 4.79 Å². The maximum absolute atomic E-state index is 12.0. The number of amides is 1. The molecule has 0 aliphatic heterocycles. The molecule has 94 valence electrons. The highest BCUT2D eigenvalue weighted by atomic mass is 16.1. The van der Waals surface area contributed by atoms with E-state index in [9.17, 15) is 9.59 Å². The van der Waals surface area contributed by atoms with Crippen molar-refractivity contribution >= 4 is 24.0 Å². The fraction of sp³-hybridized carbons (Fsp3) is 0. The van der Waals surface area contributed by atoms with Crippen molar-refractivity contribution in [3.63, 3.8) is 0 Å². The van der Waals surface area contributed by atoms with Gasteiger partial charge in [0.25, 0.3) is 5.91 Å². The molecule has 0 radical (unpaired) electrons. The summed E-state index contributed by atoms with van der Waals surface area (Å²) in [7, 11) is 0. The van der Waals surface area contributed by atoms with E-state index in [0.717, 1.165) is 5.56 Å². The molecule has 1 N–H and O–H groups in total. The maximum atomic E-state index is 12.0. The number of anilines is 1. The summed E-state index contributed by atoms with van der Waals surface area (Å²) in [6.45, 7) is 0. The molecular formula is C16H13NO2. The van der Waals surface area contributed by atoms with Crippen molar-refractivity contribution in [3.05, 3.63) is 71.8 Å². The number of rotatable bonds is 4. The third-order valence-corrected chi connectivity index (χ3v) is 2.60. The summed E-state index contributed by atoms with van der Waals surface area (Å²) in [4.78, 5) is 22.4. The summed E-state index contributed by atoms with van der Waals surface area (Å²) in [6.07, 6.45) is 3.76. The van der Waals surface area contributed by atoms with Gasteiger partial charge in [0.1, 0.15) is 6.29 Å². The van der Waals surface area contributed by atoms with E-state index in [1.165, 1.54) is 6.08 Å². The Labute approximate surface area is 111 Å². The van der Waals surface area contributed by atoms with Crippen LogP contribution >= 0.6 is 0 Å². The van der Waals surface area contributed by atoms with Crippen molar-refractivity contribution in [2.45, 2.75) is 0 Å². The number of hydrogen-bond acceptors (Lipinski definition) is 2. The molecular weight excluding hydrogens is 238 g/mol. The molecule has 0 heterocycles. The minimum absolute atomic E-state index is 0.174.